The highest BCUT2D eigenvalue weighted by atomic mass is 16.5. The van der Waals surface area contributed by atoms with Crippen LogP contribution in [-0.4, -0.2) is 29.6 Å². The van der Waals surface area contributed by atoms with Crippen LogP contribution in [-0.2, 0) is 11.3 Å². The van der Waals surface area contributed by atoms with Gasteiger partial charge in [0.2, 0.25) is 0 Å². The Morgan fingerprint density at radius 2 is 1.88 bits per heavy atom. The van der Waals surface area contributed by atoms with Gasteiger partial charge in [0.1, 0.15) is 0 Å². The van der Waals surface area contributed by atoms with Crippen molar-refractivity contribution in [3.8, 4) is 0 Å². The molecule has 1 heterocycles. The fraction of sp³-hybridized carbons (Fsp3) is 0.682. The lowest BCUT2D eigenvalue weighted by Gasteiger charge is -2.37. The lowest BCUT2D eigenvalue weighted by atomic mass is 9.92. The molecular weight excluding hydrogens is 324 g/mol. The second kappa shape index (κ2) is 8.43. The highest BCUT2D eigenvalue weighted by Crippen LogP contribution is 2.37. The van der Waals surface area contributed by atoms with Crippen molar-refractivity contribution in [2.24, 2.45) is 5.92 Å². The maximum atomic E-state index is 12.8. The van der Waals surface area contributed by atoms with Crippen LogP contribution in [0.5, 0.6) is 0 Å². The fourth-order valence-electron chi connectivity index (χ4n) is 5.09. The summed E-state index contributed by atoms with van der Waals surface area (Å²) in [7, 11) is 0. The van der Waals surface area contributed by atoms with Crippen LogP contribution in [0, 0.1) is 5.92 Å². The summed E-state index contributed by atoms with van der Waals surface area (Å²) < 4.78 is 6.08. The number of piperidine rings is 1. The number of rotatable bonds is 4. The highest BCUT2D eigenvalue weighted by Gasteiger charge is 2.37. The van der Waals surface area contributed by atoms with E-state index in [-0.39, 0.29) is 6.03 Å². The Bertz CT molecular complexity index is 612. The SMILES string of the molecule is O=C(Nc1cccc(COC2CCCCC2)c1)N1CCC[C@@H]2CCC[C@H]21. The van der Waals surface area contributed by atoms with Crippen LogP contribution in [0.15, 0.2) is 24.3 Å². The third kappa shape index (κ3) is 4.22. The second-order valence-corrected chi connectivity index (χ2v) is 8.30. The molecule has 0 aromatic heterocycles. The van der Waals surface area contributed by atoms with Gasteiger partial charge in [0.05, 0.1) is 12.7 Å². The third-order valence-corrected chi connectivity index (χ3v) is 6.47. The first-order chi connectivity index (χ1) is 12.8. The Labute approximate surface area is 157 Å². The number of ether oxygens (including phenoxy) is 1. The predicted molar refractivity (Wildman–Crippen MR) is 104 cm³/mol. The standard InChI is InChI=1S/C22H32N2O2/c25-22(24-14-6-9-18-8-5-13-21(18)24)23-19-10-4-7-17(15-19)16-26-20-11-2-1-3-12-20/h4,7,10,15,18,20-21H,1-3,5-6,8-9,11-14,16H2,(H,23,25)/t18-,21+/m0/s1. The molecule has 2 saturated carbocycles. The van der Waals surface area contributed by atoms with Crippen molar-refractivity contribution in [2.75, 3.05) is 11.9 Å². The van der Waals surface area contributed by atoms with Crippen molar-refractivity contribution >= 4 is 11.7 Å². The Morgan fingerprint density at radius 1 is 1.04 bits per heavy atom. The number of carbonyl (C=O) groups is 1. The second-order valence-electron chi connectivity index (χ2n) is 8.30. The number of carbonyl (C=O) groups excluding carboxylic acids is 1. The molecule has 26 heavy (non-hydrogen) atoms. The van der Waals surface area contributed by atoms with Gasteiger partial charge in [0.15, 0.2) is 0 Å². The summed E-state index contributed by atoms with van der Waals surface area (Å²) in [6.07, 6.45) is 12.9. The van der Waals surface area contributed by atoms with E-state index >= 15 is 0 Å². The van der Waals surface area contributed by atoms with Gasteiger partial charge in [0.25, 0.3) is 0 Å². The fourth-order valence-corrected chi connectivity index (χ4v) is 5.09. The molecule has 4 heteroatoms. The summed E-state index contributed by atoms with van der Waals surface area (Å²) >= 11 is 0. The topological polar surface area (TPSA) is 41.6 Å². The number of nitrogens with zero attached hydrogens (tertiary/aromatic N) is 1. The van der Waals surface area contributed by atoms with E-state index in [0.29, 0.717) is 18.8 Å². The van der Waals surface area contributed by atoms with Crippen molar-refractivity contribution < 1.29 is 9.53 Å². The Hall–Kier alpha value is -1.55. The van der Waals surface area contributed by atoms with Crippen LogP contribution < -0.4 is 5.32 Å². The van der Waals surface area contributed by atoms with E-state index in [9.17, 15) is 4.79 Å². The molecule has 0 radical (unpaired) electrons. The number of amides is 2. The minimum atomic E-state index is 0.0759. The quantitative estimate of drug-likeness (QED) is 0.792. The van der Waals surface area contributed by atoms with Gasteiger partial charge < -0.3 is 15.0 Å². The lowest BCUT2D eigenvalue weighted by molar-refractivity contribution is 0.0169. The molecule has 4 nitrogen and oxygen atoms in total. The zero-order valence-electron chi connectivity index (χ0n) is 15.8. The van der Waals surface area contributed by atoms with Gasteiger partial charge in [-0.05, 0) is 62.1 Å². The molecule has 1 aliphatic heterocycles. The molecule has 0 spiro atoms. The molecule has 3 aliphatic rings. The van der Waals surface area contributed by atoms with E-state index in [1.807, 2.05) is 12.1 Å². The molecule has 1 aromatic carbocycles. The zero-order chi connectivity index (χ0) is 17.8. The molecule has 0 bridgehead atoms. The van der Waals surface area contributed by atoms with Crippen molar-refractivity contribution in [3.63, 3.8) is 0 Å². The molecule has 0 unspecified atom stereocenters. The summed E-state index contributed by atoms with van der Waals surface area (Å²) in [5.74, 6) is 0.727. The number of benzene rings is 1. The molecule has 142 valence electrons. The predicted octanol–water partition coefficient (Wildman–Crippen LogP) is 5.33. The van der Waals surface area contributed by atoms with Crippen LogP contribution >= 0.6 is 0 Å². The minimum Gasteiger partial charge on any atom is -0.374 e. The molecule has 4 rings (SSSR count). The highest BCUT2D eigenvalue weighted by molar-refractivity contribution is 5.89. The molecular formula is C22H32N2O2. The number of urea groups is 1. The van der Waals surface area contributed by atoms with Crippen LogP contribution in [0.4, 0.5) is 10.5 Å². The Morgan fingerprint density at radius 3 is 2.77 bits per heavy atom. The van der Waals surface area contributed by atoms with E-state index in [1.54, 1.807) is 0 Å². The third-order valence-electron chi connectivity index (χ3n) is 6.47. The van der Waals surface area contributed by atoms with Crippen LogP contribution in [0.3, 0.4) is 0 Å². The Kier molecular flexibility index (Phi) is 5.78. The normalized spacial score (nSPS) is 26.5. The van der Waals surface area contributed by atoms with Crippen LogP contribution in [0.1, 0.15) is 69.8 Å². The van der Waals surface area contributed by atoms with E-state index in [4.69, 9.17) is 4.74 Å². The van der Waals surface area contributed by atoms with Gasteiger partial charge in [-0.25, -0.2) is 4.79 Å². The smallest absolute Gasteiger partial charge is 0.322 e. The summed E-state index contributed by atoms with van der Waals surface area (Å²) in [6, 6.07) is 8.69. The van der Waals surface area contributed by atoms with Crippen LogP contribution in [0.25, 0.3) is 0 Å². The van der Waals surface area contributed by atoms with E-state index in [1.165, 1.54) is 57.8 Å². The van der Waals surface area contributed by atoms with Crippen molar-refractivity contribution in [3.05, 3.63) is 29.8 Å². The average Bonchev–Trinajstić information content (AvgIpc) is 3.16. The van der Waals surface area contributed by atoms with E-state index < -0.39 is 0 Å². The van der Waals surface area contributed by atoms with Gasteiger partial charge in [0, 0.05) is 18.3 Å². The first-order valence-electron chi connectivity index (χ1n) is 10.6. The molecule has 1 saturated heterocycles. The van der Waals surface area contributed by atoms with Gasteiger partial charge in [-0.2, -0.15) is 0 Å². The Balaban J connectivity index is 1.33. The minimum absolute atomic E-state index is 0.0759. The maximum Gasteiger partial charge on any atom is 0.322 e. The van der Waals surface area contributed by atoms with E-state index in [2.05, 4.69) is 22.3 Å². The molecule has 2 aliphatic carbocycles. The average molecular weight is 357 g/mol. The van der Waals surface area contributed by atoms with Crippen LogP contribution in [0.2, 0.25) is 0 Å². The summed E-state index contributed by atoms with van der Waals surface area (Å²) in [4.78, 5) is 14.9. The summed E-state index contributed by atoms with van der Waals surface area (Å²) in [5.41, 5.74) is 2.03. The maximum absolute atomic E-state index is 12.8. The lowest BCUT2D eigenvalue weighted by Crippen LogP contribution is -2.48. The molecule has 1 N–H and O–H groups in total. The number of hydrogen-bond acceptors (Lipinski definition) is 2. The van der Waals surface area contributed by atoms with Crippen molar-refractivity contribution in [2.45, 2.75) is 83.0 Å². The number of hydrogen-bond donors (Lipinski definition) is 1. The largest absolute Gasteiger partial charge is 0.374 e. The number of likely N-dealkylation sites (tertiary alicyclic amines) is 1. The zero-order valence-corrected chi connectivity index (χ0v) is 15.8. The molecule has 2 atom stereocenters. The molecule has 1 aromatic rings. The summed E-state index contributed by atoms with van der Waals surface area (Å²) in [5, 5.41) is 3.13. The molecule has 2 amide bonds. The van der Waals surface area contributed by atoms with Gasteiger partial charge in [-0.1, -0.05) is 37.8 Å². The van der Waals surface area contributed by atoms with Gasteiger partial charge >= 0.3 is 6.03 Å². The monoisotopic (exact) mass is 356 g/mol. The van der Waals surface area contributed by atoms with Gasteiger partial charge in [-0.3, -0.25) is 0 Å². The number of anilines is 1. The number of fused-ring (bicyclic) bond motifs is 1. The summed E-state index contributed by atoms with van der Waals surface area (Å²) in [6.45, 7) is 1.54. The number of nitrogens with one attached hydrogen (secondary N) is 1. The molecule has 3 fully saturated rings. The first-order valence-corrected chi connectivity index (χ1v) is 10.6. The first kappa shape index (κ1) is 17.8. The van der Waals surface area contributed by atoms with Gasteiger partial charge in [-0.15, -0.1) is 0 Å². The van der Waals surface area contributed by atoms with E-state index in [0.717, 1.165) is 30.1 Å². The van der Waals surface area contributed by atoms with Crippen molar-refractivity contribution in [1.82, 2.24) is 4.90 Å². The van der Waals surface area contributed by atoms with Crippen molar-refractivity contribution in [1.29, 1.82) is 0 Å².